The molecule has 1 heteroatoms. The van der Waals surface area contributed by atoms with Gasteiger partial charge in [-0.2, -0.15) is 0 Å². The van der Waals surface area contributed by atoms with Crippen molar-refractivity contribution in [3.8, 4) is 0 Å². The van der Waals surface area contributed by atoms with Crippen LogP contribution in [0.1, 0.15) is 88.2 Å². The lowest BCUT2D eigenvalue weighted by Gasteiger charge is -2.42. The molecule has 0 aliphatic heterocycles. The van der Waals surface area contributed by atoms with Gasteiger partial charge in [0.05, 0.1) is 6.10 Å². The lowest BCUT2D eigenvalue weighted by atomic mass is 9.62. The molecular weight excluding hydrogens is 244 g/mol. The van der Waals surface area contributed by atoms with Crippen molar-refractivity contribution in [2.75, 3.05) is 0 Å². The van der Waals surface area contributed by atoms with E-state index in [-0.39, 0.29) is 16.9 Å². The highest BCUT2D eigenvalue weighted by Crippen LogP contribution is 2.47. The fraction of sp³-hybridized carbons (Fsp3) is 0.684. The van der Waals surface area contributed by atoms with Crippen molar-refractivity contribution >= 4 is 0 Å². The van der Waals surface area contributed by atoms with Gasteiger partial charge >= 0.3 is 0 Å². The highest BCUT2D eigenvalue weighted by Gasteiger charge is 2.38. The van der Waals surface area contributed by atoms with Crippen molar-refractivity contribution in [1.29, 1.82) is 0 Å². The Kier molecular flexibility index (Phi) is 3.25. The molecule has 1 aromatic rings. The SMILES string of the molecule is CC1(C)CCC(C)(C)c2cc3c(cc21)CCCCC3O. The van der Waals surface area contributed by atoms with Crippen molar-refractivity contribution in [3.63, 3.8) is 0 Å². The molecule has 0 heterocycles. The van der Waals surface area contributed by atoms with Crippen LogP contribution in [-0.4, -0.2) is 5.11 Å². The fourth-order valence-corrected chi connectivity index (χ4v) is 4.01. The summed E-state index contributed by atoms with van der Waals surface area (Å²) in [5.41, 5.74) is 6.14. The molecule has 0 aromatic heterocycles. The van der Waals surface area contributed by atoms with Gasteiger partial charge in [0.1, 0.15) is 0 Å². The molecule has 2 aliphatic rings. The average Bonchev–Trinajstić information content (AvgIpc) is 2.56. The number of aryl methyl sites for hydroxylation is 1. The van der Waals surface area contributed by atoms with E-state index in [1.54, 1.807) is 0 Å². The predicted molar refractivity (Wildman–Crippen MR) is 84.2 cm³/mol. The van der Waals surface area contributed by atoms with E-state index in [9.17, 15) is 5.11 Å². The predicted octanol–water partition coefficient (Wildman–Crippen LogP) is 4.80. The second-order valence-corrected chi connectivity index (χ2v) is 8.13. The third-order valence-electron chi connectivity index (χ3n) is 5.65. The number of hydrogen-bond donors (Lipinski definition) is 1. The third-order valence-corrected chi connectivity index (χ3v) is 5.65. The van der Waals surface area contributed by atoms with Crippen LogP contribution in [0.3, 0.4) is 0 Å². The number of hydrogen-bond acceptors (Lipinski definition) is 1. The fourth-order valence-electron chi connectivity index (χ4n) is 4.01. The van der Waals surface area contributed by atoms with Crippen LogP contribution in [0.25, 0.3) is 0 Å². The number of aliphatic hydroxyl groups is 1. The zero-order valence-electron chi connectivity index (χ0n) is 13.4. The molecule has 2 aliphatic carbocycles. The largest absolute Gasteiger partial charge is 0.388 e. The monoisotopic (exact) mass is 272 g/mol. The van der Waals surface area contributed by atoms with Crippen LogP contribution in [0.5, 0.6) is 0 Å². The van der Waals surface area contributed by atoms with E-state index < -0.39 is 0 Å². The Hall–Kier alpha value is -0.820. The Morgan fingerprint density at radius 3 is 2.20 bits per heavy atom. The summed E-state index contributed by atoms with van der Waals surface area (Å²) in [5, 5.41) is 10.4. The summed E-state index contributed by atoms with van der Waals surface area (Å²) < 4.78 is 0. The number of rotatable bonds is 0. The minimum atomic E-state index is -0.251. The molecule has 110 valence electrons. The van der Waals surface area contributed by atoms with Crippen LogP contribution >= 0.6 is 0 Å². The summed E-state index contributed by atoms with van der Waals surface area (Å²) in [6.45, 7) is 9.47. The number of fused-ring (bicyclic) bond motifs is 2. The van der Waals surface area contributed by atoms with Gasteiger partial charge in [-0.25, -0.2) is 0 Å². The molecule has 1 nitrogen and oxygen atoms in total. The molecule has 0 saturated heterocycles. The van der Waals surface area contributed by atoms with Gasteiger partial charge in [-0.3, -0.25) is 0 Å². The Bertz CT molecular complexity index is 525. The van der Waals surface area contributed by atoms with Crippen molar-refractivity contribution in [3.05, 3.63) is 34.4 Å². The Labute approximate surface area is 123 Å². The first-order valence-electron chi connectivity index (χ1n) is 8.17. The van der Waals surface area contributed by atoms with Crippen LogP contribution in [0.2, 0.25) is 0 Å². The molecule has 0 fully saturated rings. The van der Waals surface area contributed by atoms with Crippen molar-refractivity contribution in [2.24, 2.45) is 0 Å². The topological polar surface area (TPSA) is 20.2 Å². The van der Waals surface area contributed by atoms with Crippen molar-refractivity contribution in [2.45, 2.75) is 83.2 Å². The van der Waals surface area contributed by atoms with Gasteiger partial charge in [0.2, 0.25) is 0 Å². The number of aliphatic hydroxyl groups excluding tert-OH is 1. The summed E-state index contributed by atoms with van der Waals surface area (Å²) in [6, 6.07) is 4.78. The minimum absolute atomic E-state index is 0.242. The Balaban J connectivity index is 2.21. The molecule has 1 unspecified atom stereocenters. The molecule has 3 rings (SSSR count). The van der Waals surface area contributed by atoms with Crippen LogP contribution < -0.4 is 0 Å². The molecule has 0 saturated carbocycles. The molecule has 1 atom stereocenters. The Morgan fingerprint density at radius 1 is 0.950 bits per heavy atom. The smallest absolute Gasteiger partial charge is 0.0792 e. The van der Waals surface area contributed by atoms with Gasteiger partial charge in [0.15, 0.2) is 0 Å². The van der Waals surface area contributed by atoms with E-state index in [1.807, 2.05) is 0 Å². The molecule has 0 radical (unpaired) electrons. The minimum Gasteiger partial charge on any atom is -0.388 e. The summed E-state index contributed by atoms with van der Waals surface area (Å²) in [6.07, 6.45) is 6.67. The molecule has 1 N–H and O–H groups in total. The lowest BCUT2D eigenvalue weighted by Crippen LogP contribution is -2.34. The molecule has 20 heavy (non-hydrogen) atoms. The third kappa shape index (κ3) is 2.20. The van der Waals surface area contributed by atoms with Crippen LogP contribution in [0.15, 0.2) is 12.1 Å². The van der Waals surface area contributed by atoms with Crippen molar-refractivity contribution in [1.82, 2.24) is 0 Å². The van der Waals surface area contributed by atoms with Gasteiger partial charge < -0.3 is 5.11 Å². The first-order valence-corrected chi connectivity index (χ1v) is 8.17. The Morgan fingerprint density at radius 2 is 1.55 bits per heavy atom. The maximum Gasteiger partial charge on any atom is 0.0792 e. The van der Waals surface area contributed by atoms with E-state index in [4.69, 9.17) is 0 Å². The van der Waals surface area contributed by atoms with Gasteiger partial charge in [-0.15, -0.1) is 0 Å². The zero-order chi connectivity index (χ0) is 14.5. The van der Waals surface area contributed by atoms with Gasteiger partial charge in [-0.05, 0) is 65.2 Å². The highest BCUT2D eigenvalue weighted by atomic mass is 16.3. The van der Waals surface area contributed by atoms with E-state index in [2.05, 4.69) is 39.8 Å². The summed E-state index contributed by atoms with van der Waals surface area (Å²) >= 11 is 0. The van der Waals surface area contributed by atoms with Crippen LogP contribution in [0, 0.1) is 0 Å². The van der Waals surface area contributed by atoms with Gasteiger partial charge in [0.25, 0.3) is 0 Å². The summed E-state index contributed by atoms with van der Waals surface area (Å²) in [7, 11) is 0. The molecule has 1 aromatic carbocycles. The standard InChI is InChI=1S/C19H28O/c1-18(2)9-10-19(3,4)16-12-14-13(11-15(16)18)7-5-6-8-17(14)20/h11-12,17,20H,5-10H2,1-4H3. The first kappa shape index (κ1) is 14.1. The summed E-state index contributed by atoms with van der Waals surface area (Å²) in [5.74, 6) is 0. The number of benzene rings is 1. The van der Waals surface area contributed by atoms with Crippen LogP contribution in [0.4, 0.5) is 0 Å². The molecule has 0 bridgehead atoms. The quantitative estimate of drug-likeness (QED) is 0.673. The van der Waals surface area contributed by atoms with E-state index in [1.165, 1.54) is 41.5 Å². The normalized spacial score (nSPS) is 27.4. The molecular formula is C19H28O. The zero-order valence-corrected chi connectivity index (χ0v) is 13.4. The van der Waals surface area contributed by atoms with E-state index in [0.717, 1.165) is 19.3 Å². The lowest BCUT2D eigenvalue weighted by molar-refractivity contribution is 0.166. The van der Waals surface area contributed by atoms with E-state index in [0.29, 0.717) is 0 Å². The van der Waals surface area contributed by atoms with Crippen molar-refractivity contribution < 1.29 is 5.11 Å². The second kappa shape index (κ2) is 4.59. The maximum atomic E-state index is 10.4. The summed E-state index contributed by atoms with van der Waals surface area (Å²) in [4.78, 5) is 0. The second-order valence-electron chi connectivity index (χ2n) is 8.13. The maximum absolute atomic E-state index is 10.4. The highest BCUT2D eigenvalue weighted by molar-refractivity contribution is 5.48. The molecule has 0 amide bonds. The average molecular weight is 272 g/mol. The van der Waals surface area contributed by atoms with Gasteiger partial charge in [0, 0.05) is 0 Å². The van der Waals surface area contributed by atoms with E-state index >= 15 is 0 Å². The first-order chi connectivity index (χ1) is 9.31. The van der Waals surface area contributed by atoms with Crippen LogP contribution in [-0.2, 0) is 17.3 Å². The van der Waals surface area contributed by atoms with Gasteiger partial charge in [-0.1, -0.05) is 46.2 Å². The molecule has 0 spiro atoms.